The average Bonchev–Trinajstić information content (AvgIpc) is 2.43. The molecule has 0 radical (unpaired) electrons. The van der Waals surface area contributed by atoms with Crippen LogP contribution in [-0.2, 0) is 4.79 Å². The van der Waals surface area contributed by atoms with Crippen molar-refractivity contribution in [1.82, 2.24) is 5.43 Å². The first-order chi connectivity index (χ1) is 8.58. The zero-order valence-corrected chi connectivity index (χ0v) is 10.7. The Balaban J connectivity index is 2.59. The molecule has 0 bridgehead atoms. The Bertz CT molecular complexity index is 435. The lowest BCUT2D eigenvalue weighted by Crippen LogP contribution is -2.33. The van der Waals surface area contributed by atoms with Gasteiger partial charge in [0.05, 0.1) is 11.6 Å². The number of benzene rings is 1. The van der Waals surface area contributed by atoms with Gasteiger partial charge in [0.2, 0.25) is 5.91 Å². The van der Waals surface area contributed by atoms with Crippen LogP contribution in [0.3, 0.4) is 0 Å². The van der Waals surface area contributed by atoms with Crippen molar-refractivity contribution in [1.29, 1.82) is 5.26 Å². The molecule has 5 nitrogen and oxygen atoms in total. The Labute approximate surface area is 107 Å². The predicted molar refractivity (Wildman–Crippen MR) is 70.6 cm³/mol. The Kier molecular flexibility index (Phi) is 5.15. The first kappa shape index (κ1) is 14.0. The number of nitrogens with two attached hydrogens (primary N) is 1. The molecule has 1 amide bonds. The number of hydrazine groups is 1. The fourth-order valence-corrected chi connectivity index (χ4v) is 1.63. The Morgan fingerprint density at radius 2 is 2.11 bits per heavy atom. The van der Waals surface area contributed by atoms with Crippen molar-refractivity contribution in [3.05, 3.63) is 29.8 Å². The van der Waals surface area contributed by atoms with Crippen molar-refractivity contribution in [2.75, 3.05) is 11.9 Å². The molecule has 0 saturated carbocycles. The molecule has 0 aliphatic carbocycles. The summed E-state index contributed by atoms with van der Waals surface area (Å²) in [6, 6.07) is 9.67. The van der Waals surface area contributed by atoms with Gasteiger partial charge in [-0.15, -0.1) is 0 Å². The summed E-state index contributed by atoms with van der Waals surface area (Å²) in [4.78, 5) is 13.1. The van der Waals surface area contributed by atoms with Gasteiger partial charge in [0.1, 0.15) is 0 Å². The van der Waals surface area contributed by atoms with Gasteiger partial charge in [-0.05, 0) is 37.6 Å². The lowest BCUT2D eigenvalue weighted by molar-refractivity contribution is -0.121. The first-order valence-electron chi connectivity index (χ1n) is 5.81. The van der Waals surface area contributed by atoms with E-state index in [1.165, 1.54) is 0 Å². The number of nitrogens with one attached hydrogen (secondary N) is 1. The third-order valence-electron chi connectivity index (χ3n) is 3.01. The zero-order chi connectivity index (χ0) is 13.5. The predicted octanol–water partition coefficient (Wildman–Crippen LogP) is 1.15. The van der Waals surface area contributed by atoms with E-state index in [9.17, 15) is 4.79 Å². The highest BCUT2D eigenvalue weighted by atomic mass is 16.2. The standard InChI is InChI=1S/C13H18N4O/c1-10(3-8-13(18)16-15)17(2)12-6-4-11(9-14)5-7-12/h4-7,10H,3,8,15H2,1-2H3,(H,16,18). The van der Waals surface area contributed by atoms with E-state index in [0.29, 0.717) is 12.0 Å². The van der Waals surface area contributed by atoms with E-state index >= 15 is 0 Å². The van der Waals surface area contributed by atoms with Crippen molar-refractivity contribution < 1.29 is 4.79 Å². The van der Waals surface area contributed by atoms with Crippen LogP contribution < -0.4 is 16.2 Å². The normalized spacial score (nSPS) is 11.4. The maximum absolute atomic E-state index is 11.1. The maximum atomic E-state index is 11.1. The quantitative estimate of drug-likeness (QED) is 0.464. The van der Waals surface area contributed by atoms with Gasteiger partial charge in [-0.3, -0.25) is 10.2 Å². The van der Waals surface area contributed by atoms with E-state index in [1.807, 2.05) is 26.1 Å². The molecule has 0 aromatic heterocycles. The summed E-state index contributed by atoms with van der Waals surface area (Å²) >= 11 is 0. The number of nitrogens with zero attached hydrogens (tertiary/aromatic N) is 2. The highest BCUT2D eigenvalue weighted by Crippen LogP contribution is 2.17. The van der Waals surface area contributed by atoms with Gasteiger partial charge in [-0.25, -0.2) is 5.84 Å². The maximum Gasteiger partial charge on any atom is 0.233 e. The Hall–Kier alpha value is -2.06. The summed E-state index contributed by atoms with van der Waals surface area (Å²) in [5.41, 5.74) is 3.78. The molecule has 1 aromatic carbocycles. The Morgan fingerprint density at radius 1 is 1.50 bits per heavy atom. The van der Waals surface area contributed by atoms with Gasteiger partial charge in [0.15, 0.2) is 0 Å². The molecule has 1 aromatic rings. The number of hydrogen-bond acceptors (Lipinski definition) is 4. The van der Waals surface area contributed by atoms with Crippen molar-refractivity contribution >= 4 is 11.6 Å². The van der Waals surface area contributed by atoms with Crippen LogP contribution >= 0.6 is 0 Å². The van der Waals surface area contributed by atoms with Gasteiger partial charge in [-0.2, -0.15) is 5.26 Å². The molecule has 1 unspecified atom stereocenters. The lowest BCUT2D eigenvalue weighted by atomic mass is 10.1. The minimum absolute atomic E-state index is 0.157. The molecule has 1 atom stereocenters. The van der Waals surface area contributed by atoms with E-state index in [0.717, 1.165) is 12.1 Å². The summed E-state index contributed by atoms with van der Waals surface area (Å²) < 4.78 is 0. The molecule has 3 N–H and O–H groups in total. The minimum atomic E-state index is -0.157. The number of carbonyl (C=O) groups excluding carboxylic acids is 1. The number of amides is 1. The molecule has 18 heavy (non-hydrogen) atoms. The lowest BCUT2D eigenvalue weighted by Gasteiger charge is -2.26. The smallest absolute Gasteiger partial charge is 0.233 e. The third kappa shape index (κ3) is 3.75. The third-order valence-corrected chi connectivity index (χ3v) is 3.01. The van der Waals surface area contributed by atoms with Crippen molar-refractivity contribution in [2.24, 2.45) is 5.84 Å². The van der Waals surface area contributed by atoms with Crippen LogP contribution in [0, 0.1) is 11.3 Å². The number of nitriles is 1. The number of hydrogen-bond donors (Lipinski definition) is 2. The topological polar surface area (TPSA) is 82.2 Å². The summed E-state index contributed by atoms with van der Waals surface area (Å²) in [5.74, 6) is 4.88. The fourth-order valence-electron chi connectivity index (χ4n) is 1.63. The van der Waals surface area contributed by atoms with E-state index in [-0.39, 0.29) is 11.9 Å². The molecule has 0 aliphatic rings. The van der Waals surface area contributed by atoms with Crippen LogP contribution in [-0.4, -0.2) is 19.0 Å². The molecular formula is C13H18N4O. The van der Waals surface area contributed by atoms with Gasteiger partial charge in [0.25, 0.3) is 0 Å². The molecule has 0 aliphatic heterocycles. The van der Waals surface area contributed by atoms with E-state index in [2.05, 4.69) is 16.4 Å². The second kappa shape index (κ2) is 6.62. The highest BCUT2D eigenvalue weighted by Gasteiger charge is 2.11. The number of rotatable bonds is 5. The van der Waals surface area contributed by atoms with Crippen LogP contribution in [0.25, 0.3) is 0 Å². The van der Waals surface area contributed by atoms with Crippen LogP contribution in [0.2, 0.25) is 0 Å². The molecule has 0 fully saturated rings. The van der Waals surface area contributed by atoms with Crippen LogP contribution in [0.4, 0.5) is 5.69 Å². The summed E-state index contributed by atoms with van der Waals surface area (Å²) in [7, 11) is 1.96. The van der Waals surface area contributed by atoms with Crippen LogP contribution in [0.5, 0.6) is 0 Å². The molecule has 0 spiro atoms. The second-order valence-corrected chi connectivity index (χ2v) is 4.22. The van der Waals surface area contributed by atoms with Gasteiger partial charge in [-0.1, -0.05) is 0 Å². The molecular weight excluding hydrogens is 228 g/mol. The van der Waals surface area contributed by atoms with Gasteiger partial charge < -0.3 is 4.90 Å². The van der Waals surface area contributed by atoms with Crippen molar-refractivity contribution in [2.45, 2.75) is 25.8 Å². The number of anilines is 1. The largest absolute Gasteiger partial charge is 0.372 e. The van der Waals surface area contributed by atoms with Crippen LogP contribution in [0.1, 0.15) is 25.3 Å². The molecule has 5 heteroatoms. The Morgan fingerprint density at radius 3 is 2.61 bits per heavy atom. The number of carbonyl (C=O) groups is 1. The van der Waals surface area contributed by atoms with Crippen LogP contribution in [0.15, 0.2) is 24.3 Å². The highest BCUT2D eigenvalue weighted by molar-refractivity contribution is 5.75. The monoisotopic (exact) mass is 246 g/mol. The SMILES string of the molecule is CC(CCC(=O)NN)N(C)c1ccc(C#N)cc1. The van der Waals surface area contributed by atoms with E-state index in [1.54, 1.807) is 12.1 Å². The average molecular weight is 246 g/mol. The molecule has 0 saturated heterocycles. The molecule has 96 valence electrons. The fraction of sp³-hybridized carbons (Fsp3) is 0.385. The minimum Gasteiger partial charge on any atom is -0.372 e. The summed E-state index contributed by atoms with van der Waals surface area (Å²) in [6.45, 7) is 2.04. The van der Waals surface area contributed by atoms with Gasteiger partial charge in [0, 0.05) is 25.2 Å². The molecule has 0 heterocycles. The van der Waals surface area contributed by atoms with Gasteiger partial charge >= 0.3 is 0 Å². The van der Waals surface area contributed by atoms with E-state index < -0.39 is 0 Å². The second-order valence-electron chi connectivity index (χ2n) is 4.22. The zero-order valence-electron chi connectivity index (χ0n) is 10.7. The van der Waals surface area contributed by atoms with Crippen molar-refractivity contribution in [3.63, 3.8) is 0 Å². The summed E-state index contributed by atoms with van der Waals surface area (Å²) in [6.07, 6.45) is 1.12. The van der Waals surface area contributed by atoms with Crippen molar-refractivity contribution in [3.8, 4) is 6.07 Å². The van der Waals surface area contributed by atoms with E-state index in [4.69, 9.17) is 11.1 Å². The molecule has 1 rings (SSSR count). The first-order valence-corrected chi connectivity index (χ1v) is 5.81. The summed E-state index contributed by atoms with van der Waals surface area (Å²) in [5, 5.41) is 8.73.